The van der Waals surface area contributed by atoms with E-state index in [1.165, 1.54) is 193 Å². The van der Waals surface area contributed by atoms with Gasteiger partial charge in [0.05, 0.1) is 25.4 Å². The van der Waals surface area contributed by atoms with Gasteiger partial charge in [-0.25, -0.2) is 0 Å². The Kier molecular flexibility index (Phi) is 49.6. The Morgan fingerprint density at radius 1 is 0.443 bits per heavy atom. The number of amides is 1. The Balaban J connectivity index is 3.51. The molecular weight excluding hydrogens is 755 g/mol. The molecule has 6 heteroatoms. The third-order valence-electron chi connectivity index (χ3n) is 12.5. The number of rotatable bonds is 50. The number of hydrogen-bond acceptors (Lipinski definition) is 5. The number of hydrogen-bond donors (Lipinski definition) is 3. The molecule has 0 fully saturated rings. The zero-order valence-corrected chi connectivity index (χ0v) is 40.9. The molecule has 0 aromatic rings. The average Bonchev–Trinajstić information content (AvgIpc) is 3.26. The van der Waals surface area contributed by atoms with E-state index in [9.17, 15) is 19.8 Å². The van der Waals surface area contributed by atoms with Gasteiger partial charge < -0.3 is 20.3 Å². The highest BCUT2D eigenvalue weighted by molar-refractivity contribution is 5.76. The van der Waals surface area contributed by atoms with Crippen LogP contribution < -0.4 is 5.32 Å². The average molecular weight is 860 g/mol. The fraction of sp³-hybridized carbons (Fsp3) is 0.891. The molecule has 1 amide bonds. The topological polar surface area (TPSA) is 95.9 Å². The largest absolute Gasteiger partial charge is 0.466 e. The van der Waals surface area contributed by atoms with Crippen molar-refractivity contribution in [1.29, 1.82) is 0 Å². The van der Waals surface area contributed by atoms with Crippen LogP contribution in [0.4, 0.5) is 0 Å². The lowest BCUT2D eigenvalue weighted by atomic mass is 10.0. The number of aliphatic hydroxyl groups is 2. The van der Waals surface area contributed by atoms with Crippen molar-refractivity contribution in [2.45, 2.75) is 302 Å². The van der Waals surface area contributed by atoms with E-state index >= 15 is 0 Å². The number of nitrogens with one attached hydrogen (secondary N) is 1. The number of esters is 1. The molecule has 0 aromatic heterocycles. The van der Waals surface area contributed by atoms with Gasteiger partial charge in [-0.3, -0.25) is 9.59 Å². The Morgan fingerprint density at radius 3 is 1.18 bits per heavy atom. The molecular formula is C55H105NO5. The number of ether oxygens (including phenoxy) is 1. The van der Waals surface area contributed by atoms with Crippen LogP contribution in [-0.4, -0.2) is 47.4 Å². The lowest BCUT2D eigenvalue weighted by Crippen LogP contribution is -2.45. The van der Waals surface area contributed by atoms with E-state index in [0.717, 1.165) is 70.6 Å². The second kappa shape index (κ2) is 51.0. The summed E-state index contributed by atoms with van der Waals surface area (Å²) < 4.78 is 5.47. The van der Waals surface area contributed by atoms with Gasteiger partial charge in [0.25, 0.3) is 0 Å². The minimum absolute atomic E-state index is 0.0107. The zero-order chi connectivity index (χ0) is 44.4. The third kappa shape index (κ3) is 47.7. The molecule has 0 aliphatic carbocycles. The molecule has 0 saturated carbocycles. The number of carbonyl (C=O) groups excluding carboxylic acids is 2. The highest BCUT2D eigenvalue weighted by Crippen LogP contribution is 2.16. The van der Waals surface area contributed by atoms with Crippen LogP contribution in [0.15, 0.2) is 24.3 Å². The minimum Gasteiger partial charge on any atom is -0.466 e. The van der Waals surface area contributed by atoms with E-state index in [2.05, 4.69) is 31.3 Å². The van der Waals surface area contributed by atoms with Crippen LogP contribution in [0.2, 0.25) is 0 Å². The second-order valence-electron chi connectivity index (χ2n) is 18.6. The van der Waals surface area contributed by atoms with Gasteiger partial charge >= 0.3 is 5.97 Å². The molecule has 360 valence electrons. The van der Waals surface area contributed by atoms with Gasteiger partial charge in [-0.15, -0.1) is 0 Å². The maximum absolute atomic E-state index is 12.4. The van der Waals surface area contributed by atoms with Gasteiger partial charge in [0.15, 0.2) is 0 Å². The van der Waals surface area contributed by atoms with Crippen molar-refractivity contribution in [1.82, 2.24) is 5.32 Å². The van der Waals surface area contributed by atoms with Crippen molar-refractivity contribution in [2.24, 2.45) is 0 Å². The maximum atomic E-state index is 12.4. The molecule has 0 spiro atoms. The number of carbonyl (C=O) groups is 2. The Morgan fingerprint density at radius 2 is 0.770 bits per heavy atom. The summed E-state index contributed by atoms with van der Waals surface area (Å²) in [4.78, 5) is 24.5. The fourth-order valence-electron chi connectivity index (χ4n) is 8.27. The third-order valence-corrected chi connectivity index (χ3v) is 12.5. The van der Waals surface area contributed by atoms with Gasteiger partial charge in [0, 0.05) is 12.8 Å². The van der Waals surface area contributed by atoms with Crippen molar-refractivity contribution in [3.63, 3.8) is 0 Å². The van der Waals surface area contributed by atoms with Crippen molar-refractivity contribution in [3.8, 4) is 0 Å². The molecule has 0 aliphatic rings. The molecule has 0 aromatic carbocycles. The van der Waals surface area contributed by atoms with E-state index in [-0.39, 0.29) is 18.5 Å². The molecule has 2 unspecified atom stereocenters. The van der Waals surface area contributed by atoms with Gasteiger partial charge in [-0.2, -0.15) is 0 Å². The molecule has 3 N–H and O–H groups in total. The molecule has 0 saturated heterocycles. The second-order valence-corrected chi connectivity index (χ2v) is 18.6. The predicted molar refractivity (Wildman–Crippen MR) is 264 cm³/mol. The molecule has 6 nitrogen and oxygen atoms in total. The standard InChI is InChI=1S/C55H105NO5/c1-3-5-7-9-11-13-15-17-19-21-25-29-33-37-41-45-49-55(60)61-50-46-42-38-34-30-26-22-24-28-32-36-40-44-48-54(59)56-52(51-57)53(58)47-43-39-35-31-27-23-20-18-16-14-12-10-8-6-4-2/h24,28,43,47,52-53,57-58H,3-23,25-27,29-42,44-46,48-51H2,1-2H3,(H,56,59)/b28-24-,47-43+. The smallest absolute Gasteiger partial charge is 0.305 e. The van der Waals surface area contributed by atoms with E-state index < -0.39 is 12.1 Å². The zero-order valence-electron chi connectivity index (χ0n) is 40.9. The molecule has 2 atom stereocenters. The Hall–Kier alpha value is -1.66. The van der Waals surface area contributed by atoms with Gasteiger partial charge in [0.1, 0.15) is 0 Å². The molecule has 0 bridgehead atoms. The number of aliphatic hydroxyl groups excluding tert-OH is 2. The van der Waals surface area contributed by atoms with Crippen LogP contribution in [0, 0.1) is 0 Å². The van der Waals surface area contributed by atoms with Crippen molar-refractivity contribution < 1.29 is 24.5 Å². The molecule has 0 rings (SSSR count). The maximum Gasteiger partial charge on any atom is 0.305 e. The lowest BCUT2D eigenvalue weighted by Gasteiger charge is -2.19. The summed E-state index contributed by atoms with van der Waals surface area (Å²) in [7, 11) is 0. The van der Waals surface area contributed by atoms with Crippen molar-refractivity contribution in [2.75, 3.05) is 13.2 Å². The number of unbranched alkanes of at least 4 members (excludes halogenated alkanes) is 37. The lowest BCUT2D eigenvalue weighted by molar-refractivity contribution is -0.143. The summed E-state index contributed by atoms with van der Waals surface area (Å²) in [5.74, 6) is -0.108. The van der Waals surface area contributed by atoms with Gasteiger partial charge in [-0.05, 0) is 57.8 Å². The van der Waals surface area contributed by atoms with Crippen LogP contribution in [-0.2, 0) is 14.3 Å². The highest BCUT2D eigenvalue weighted by Gasteiger charge is 2.18. The van der Waals surface area contributed by atoms with Crippen molar-refractivity contribution >= 4 is 11.9 Å². The van der Waals surface area contributed by atoms with E-state index in [1.54, 1.807) is 6.08 Å². The molecule has 0 radical (unpaired) electrons. The van der Waals surface area contributed by atoms with E-state index in [1.807, 2.05) is 6.08 Å². The summed E-state index contributed by atoms with van der Waals surface area (Å²) in [5.41, 5.74) is 0. The van der Waals surface area contributed by atoms with Crippen LogP contribution in [0.5, 0.6) is 0 Å². The molecule has 61 heavy (non-hydrogen) atoms. The van der Waals surface area contributed by atoms with E-state index in [4.69, 9.17) is 4.74 Å². The van der Waals surface area contributed by atoms with Gasteiger partial charge in [-0.1, -0.05) is 244 Å². The summed E-state index contributed by atoms with van der Waals surface area (Å²) in [6.45, 7) is 4.87. The minimum atomic E-state index is -0.860. The Labute approximate surface area is 380 Å². The first-order valence-corrected chi connectivity index (χ1v) is 27.1. The quantitative estimate of drug-likeness (QED) is 0.0322. The first kappa shape index (κ1) is 59.3. The fourth-order valence-corrected chi connectivity index (χ4v) is 8.27. The van der Waals surface area contributed by atoms with Crippen LogP contribution in [0.25, 0.3) is 0 Å². The first-order valence-electron chi connectivity index (χ1n) is 27.1. The van der Waals surface area contributed by atoms with Crippen LogP contribution >= 0.6 is 0 Å². The summed E-state index contributed by atoms with van der Waals surface area (Å²) in [6, 6.07) is -0.647. The summed E-state index contributed by atoms with van der Waals surface area (Å²) >= 11 is 0. The Bertz CT molecular complexity index is 951. The monoisotopic (exact) mass is 860 g/mol. The van der Waals surface area contributed by atoms with Crippen molar-refractivity contribution in [3.05, 3.63) is 24.3 Å². The predicted octanol–water partition coefficient (Wildman–Crippen LogP) is 16.3. The van der Waals surface area contributed by atoms with Crippen LogP contribution in [0.1, 0.15) is 290 Å². The molecule has 0 heterocycles. The van der Waals surface area contributed by atoms with Gasteiger partial charge in [0.2, 0.25) is 5.91 Å². The molecule has 0 aliphatic heterocycles. The van der Waals surface area contributed by atoms with E-state index in [0.29, 0.717) is 19.4 Å². The normalized spacial score (nSPS) is 12.8. The summed E-state index contributed by atoms with van der Waals surface area (Å²) in [5, 5.41) is 23.0. The number of allylic oxidation sites excluding steroid dienone is 3. The van der Waals surface area contributed by atoms with Crippen LogP contribution in [0.3, 0.4) is 0 Å². The first-order chi connectivity index (χ1) is 30.0. The SMILES string of the molecule is CCCCCCCCCCCCCCC/C=C/C(O)C(CO)NC(=O)CCCCC/C=C\CCCCCCCCOC(=O)CCCCCCCCCCCCCCCCCC. The highest BCUT2D eigenvalue weighted by atomic mass is 16.5. The summed E-state index contributed by atoms with van der Waals surface area (Å²) in [6.07, 6.45) is 60.4.